The molecule has 136 valence electrons. The fraction of sp³-hybridized carbons (Fsp3) is 0.294. The summed E-state index contributed by atoms with van der Waals surface area (Å²) in [6.45, 7) is 2.12. The molecule has 0 aliphatic rings. The molecule has 0 radical (unpaired) electrons. The van der Waals surface area contributed by atoms with Gasteiger partial charge in [-0.3, -0.25) is 9.36 Å². The van der Waals surface area contributed by atoms with Crippen LogP contribution in [0.4, 0.5) is 11.4 Å². The van der Waals surface area contributed by atoms with Crippen molar-refractivity contribution in [3.63, 3.8) is 0 Å². The van der Waals surface area contributed by atoms with E-state index in [1.54, 1.807) is 12.1 Å². The number of hydrogen-bond donors (Lipinski definition) is 1. The Kier molecular flexibility index (Phi) is 6.75. The van der Waals surface area contributed by atoms with Crippen LogP contribution in [-0.4, -0.2) is 23.4 Å². The van der Waals surface area contributed by atoms with Gasteiger partial charge < -0.3 is 9.84 Å². The van der Waals surface area contributed by atoms with Crippen LogP contribution in [0.3, 0.4) is 0 Å². The van der Waals surface area contributed by atoms with Gasteiger partial charge in [-0.05, 0) is 31.5 Å². The van der Waals surface area contributed by atoms with E-state index < -0.39 is 5.56 Å². The van der Waals surface area contributed by atoms with Gasteiger partial charge in [-0.1, -0.05) is 23.2 Å². The summed E-state index contributed by atoms with van der Waals surface area (Å²) in [5.41, 5.74) is 0.0596. The summed E-state index contributed by atoms with van der Waals surface area (Å²) < 4.78 is 6.04. The molecule has 0 fully saturated rings. The van der Waals surface area contributed by atoms with Gasteiger partial charge in [0, 0.05) is 25.8 Å². The lowest BCUT2D eigenvalue weighted by Crippen LogP contribution is -2.22. The summed E-state index contributed by atoms with van der Waals surface area (Å²) >= 11 is 11.8. The molecular formula is C17H16Cl2N4O3. The fourth-order valence-corrected chi connectivity index (χ4v) is 2.58. The van der Waals surface area contributed by atoms with Crippen molar-refractivity contribution >= 4 is 34.6 Å². The first kappa shape index (κ1) is 19.9. The summed E-state index contributed by atoms with van der Waals surface area (Å²) in [6, 6.07) is 6.56. The zero-order valence-electron chi connectivity index (χ0n) is 14.2. The number of azo groups is 1. The smallest absolute Gasteiger partial charge is 0.281 e. The van der Waals surface area contributed by atoms with Gasteiger partial charge in [0.2, 0.25) is 5.88 Å². The van der Waals surface area contributed by atoms with Gasteiger partial charge in [-0.2, -0.15) is 10.4 Å². The van der Waals surface area contributed by atoms with Crippen LogP contribution in [0.1, 0.15) is 17.5 Å². The molecule has 0 aliphatic carbocycles. The zero-order valence-corrected chi connectivity index (χ0v) is 15.7. The fourth-order valence-electron chi connectivity index (χ4n) is 2.29. The first-order valence-corrected chi connectivity index (χ1v) is 8.38. The lowest BCUT2D eigenvalue weighted by atomic mass is 10.1. The third-order valence-corrected chi connectivity index (χ3v) is 4.41. The molecule has 1 aromatic carbocycles. The maximum atomic E-state index is 12.7. The van der Waals surface area contributed by atoms with Crippen molar-refractivity contribution in [1.29, 1.82) is 5.26 Å². The molecule has 0 spiro atoms. The van der Waals surface area contributed by atoms with Gasteiger partial charge in [0.15, 0.2) is 5.69 Å². The number of hydrogen-bond acceptors (Lipinski definition) is 6. The van der Waals surface area contributed by atoms with E-state index in [9.17, 15) is 15.2 Å². The van der Waals surface area contributed by atoms with Crippen LogP contribution in [-0.2, 0) is 11.3 Å². The molecule has 26 heavy (non-hydrogen) atoms. The summed E-state index contributed by atoms with van der Waals surface area (Å²) in [4.78, 5) is 12.7. The van der Waals surface area contributed by atoms with Crippen molar-refractivity contribution in [2.24, 2.45) is 10.2 Å². The number of pyridine rings is 1. The highest BCUT2D eigenvalue weighted by molar-refractivity contribution is 6.42. The minimum atomic E-state index is -0.543. The topological polar surface area (TPSA) is 100.0 Å². The van der Waals surface area contributed by atoms with Crippen molar-refractivity contribution in [2.45, 2.75) is 19.9 Å². The van der Waals surface area contributed by atoms with E-state index in [4.69, 9.17) is 27.9 Å². The highest BCUT2D eigenvalue weighted by atomic mass is 35.5. The second-order valence-electron chi connectivity index (χ2n) is 5.39. The largest absolute Gasteiger partial charge is 0.493 e. The van der Waals surface area contributed by atoms with Crippen LogP contribution >= 0.6 is 23.2 Å². The Balaban J connectivity index is 2.51. The Bertz CT molecular complexity index is 948. The van der Waals surface area contributed by atoms with Crippen molar-refractivity contribution in [3.8, 4) is 11.9 Å². The molecule has 0 amide bonds. The number of rotatable bonds is 6. The Labute approximate surface area is 160 Å². The number of nitrogens with zero attached hydrogens (tertiary/aromatic N) is 4. The van der Waals surface area contributed by atoms with Crippen molar-refractivity contribution in [3.05, 3.63) is 49.7 Å². The number of ether oxygens (including phenoxy) is 1. The summed E-state index contributed by atoms with van der Waals surface area (Å²) in [5.74, 6) is -0.389. The molecule has 0 saturated carbocycles. The van der Waals surface area contributed by atoms with Crippen LogP contribution in [0.15, 0.2) is 33.2 Å². The standard InChI is InChI=1S/C17H16Cl2N4O3/c1-10-12(9-20)16(24)23(6-3-7-26-2)17(25)15(10)22-21-11-4-5-13(18)14(19)8-11/h4-5,8,24H,3,6-7H2,1-2H3. The van der Waals surface area contributed by atoms with Crippen LogP contribution in [0.25, 0.3) is 0 Å². The van der Waals surface area contributed by atoms with Gasteiger partial charge in [-0.25, -0.2) is 0 Å². The average Bonchev–Trinajstić information content (AvgIpc) is 2.61. The molecule has 2 rings (SSSR count). The number of halogens is 2. The number of benzene rings is 1. The molecule has 0 saturated heterocycles. The minimum absolute atomic E-state index is 0.0231. The molecule has 0 aliphatic heterocycles. The predicted molar refractivity (Wildman–Crippen MR) is 98.9 cm³/mol. The Hall–Kier alpha value is -2.40. The number of methoxy groups -OCH3 is 1. The second-order valence-corrected chi connectivity index (χ2v) is 6.20. The van der Waals surface area contributed by atoms with Gasteiger partial charge in [-0.15, -0.1) is 5.11 Å². The molecule has 9 heteroatoms. The third kappa shape index (κ3) is 4.22. The van der Waals surface area contributed by atoms with E-state index >= 15 is 0 Å². The number of nitriles is 1. The van der Waals surface area contributed by atoms with Crippen LogP contribution in [0, 0.1) is 18.3 Å². The molecule has 2 aromatic rings. The van der Waals surface area contributed by atoms with E-state index in [0.29, 0.717) is 28.8 Å². The first-order valence-electron chi connectivity index (χ1n) is 7.62. The van der Waals surface area contributed by atoms with Gasteiger partial charge in [0.05, 0.1) is 15.7 Å². The lowest BCUT2D eigenvalue weighted by molar-refractivity contribution is 0.188. The monoisotopic (exact) mass is 394 g/mol. The minimum Gasteiger partial charge on any atom is -0.493 e. The predicted octanol–water partition coefficient (Wildman–Crippen LogP) is 4.49. The van der Waals surface area contributed by atoms with Crippen molar-refractivity contribution in [2.75, 3.05) is 13.7 Å². The van der Waals surface area contributed by atoms with Gasteiger partial charge in [0.25, 0.3) is 5.56 Å². The molecule has 1 N–H and O–H groups in total. The quantitative estimate of drug-likeness (QED) is 0.575. The van der Waals surface area contributed by atoms with E-state index in [-0.39, 0.29) is 29.2 Å². The van der Waals surface area contributed by atoms with E-state index in [1.165, 1.54) is 20.1 Å². The molecule has 1 heterocycles. The molecule has 0 atom stereocenters. The van der Waals surface area contributed by atoms with Crippen molar-refractivity contribution in [1.82, 2.24) is 4.57 Å². The Morgan fingerprint density at radius 1 is 1.31 bits per heavy atom. The molecule has 0 unspecified atom stereocenters. The van der Waals surface area contributed by atoms with Crippen LogP contribution in [0.2, 0.25) is 10.0 Å². The molecule has 0 bridgehead atoms. The lowest BCUT2D eigenvalue weighted by Gasteiger charge is -2.12. The second kappa shape index (κ2) is 8.81. The summed E-state index contributed by atoms with van der Waals surface area (Å²) in [7, 11) is 1.54. The zero-order chi connectivity index (χ0) is 19.3. The first-order chi connectivity index (χ1) is 12.4. The summed E-state index contributed by atoms with van der Waals surface area (Å²) in [5, 5.41) is 28.2. The maximum Gasteiger partial charge on any atom is 0.281 e. The SMILES string of the molecule is COCCCn1c(O)c(C#N)c(C)c(N=Nc2ccc(Cl)c(Cl)c2)c1=O. The van der Waals surface area contributed by atoms with Gasteiger partial charge >= 0.3 is 0 Å². The van der Waals surface area contributed by atoms with Crippen LogP contribution < -0.4 is 5.56 Å². The summed E-state index contributed by atoms with van der Waals surface area (Å²) in [6.07, 6.45) is 0.487. The maximum absolute atomic E-state index is 12.7. The molecule has 7 nitrogen and oxygen atoms in total. The van der Waals surface area contributed by atoms with E-state index in [0.717, 1.165) is 4.57 Å². The highest BCUT2D eigenvalue weighted by Crippen LogP contribution is 2.29. The molecular weight excluding hydrogens is 379 g/mol. The highest BCUT2D eigenvalue weighted by Gasteiger charge is 2.19. The average molecular weight is 395 g/mol. The van der Waals surface area contributed by atoms with Crippen molar-refractivity contribution < 1.29 is 9.84 Å². The Morgan fingerprint density at radius 2 is 2.04 bits per heavy atom. The van der Waals surface area contributed by atoms with E-state index in [1.807, 2.05) is 6.07 Å². The number of aromatic hydroxyl groups is 1. The number of aromatic nitrogens is 1. The normalized spacial score (nSPS) is 11.0. The van der Waals surface area contributed by atoms with Crippen LogP contribution in [0.5, 0.6) is 5.88 Å². The van der Waals surface area contributed by atoms with Gasteiger partial charge in [0.1, 0.15) is 11.6 Å². The molecule has 1 aromatic heterocycles. The third-order valence-electron chi connectivity index (χ3n) is 3.67. The van der Waals surface area contributed by atoms with E-state index in [2.05, 4.69) is 10.2 Å². The Morgan fingerprint density at radius 3 is 2.65 bits per heavy atom.